The summed E-state index contributed by atoms with van der Waals surface area (Å²) in [5.41, 5.74) is -0.140. The zero-order valence-corrected chi connectivity index (χ0v) is 14.8. The van der Waals surface area contributed by atoms with E-state index in [0.29, 0.717) is 0 Å². The molecule has 0 aliphatic carbocycles. The van der Waals surface area contributed by atoms with Gasteiger partial charge in [0.2, 0.25) is 0 Å². The highest BCUT2D eigenvalue weighted by molar-refractivity contribution is 5.90. The molecule has 1 atom stereocenters. The molecule has 0 saturated carbocycles. The van der Waals surface area contributed by atoms with Gasteiger partial charge in [0.05, 0.1) is 28.4 Å². The second-order valence-corrected chi connectivity index (χ2v) is 5.56. The van der Waals surface area contributed by atoms with Crippen molar-refractivity contribution < 1.29 is 28.9 Å². The fourth-order valence-corrected chi connectivity index (χ4v) is 2.35. The number of hydrogen-bond donors (Lipinski definition) is 0. The lowest BCUT2D eigenvalue weighted by Gasteiger charge is -2.17. The van der Waals surface area contributed by atoms with Crippen LogP contribution in [-0.2, 0) is 14.3 Å². The van der Waals surface area contributed by atoms with Crippen molar-refractivity contribution in [2.45, 2.75) is 19.4 Å². The summed E-state index contributed by atoms with van der Waals surface area (Å²) in [7, 11) is 0. The number of nitrogens with zero attached hydrogens (tertiary/aromatic N) is 2. The van der Waals surface area contributed by atoms with Crippen molar-refractivity contribution in [3.8, 4) is 0 Å². The molecular formula is C18H16N2O8. The molecule has 0 amide bonds. The summed E-state index contributed by atoms with van der Waals surface area (Å²) in [6.45, 7) is 1.74. The molecule has 0 unspecified atom stereocenters. The first-order valence-electron chi connectivity index (χ1n) is 8.17. The number of nitro benzene ring substituents is 2. The van der Waals surface area contributed by atoms with E-state index >= 15 is 0 Å². The van der Waals surface area contributed by atoms with E-state index in [2.05, 4.69) is 0 Å². The van der Waals surface area contributed by atoms with Gasteiger partial charge in [0.1, 0.15) is 6.10 Å². The van der Waals surface area contributed by atoms with E-state index in [0.717, 1.165) is 12.1 Å². The number of non-ortho nitro benzene ring substituents is 2. The molecule has 0 fully saturated rings. The van der Waals surface area contributed by atoms with Gasteiger partial charge in [-0.05, 0) is 24.6 Å². The number of carbonyl (C=O) groups excluding carboxylic acids is 2. The van der Waals surface area contributed by atoms with E-state index in [9.17, 15) is 29.8 Å². The Morgan fingerprint density at radius 3 is 2.21 bits per heavy atom. The predicted molar refractivity (Wildman–Crippen MR) is 95.6 cm³/mol. The Hall–Kier alpha value is -3.82. The fraction of sp³-hybridized carbons (Fsp3) is 0.222. The smallest absolute Gasteiger partial charge is 0.338 e. The molecule has 0 aromatic heterocycles. The standard InChI is InChI=1S/C18H16N2O8/c1-2-27-17(21)11-16(13-4-3-5-15(10-13)20(25)26)28-18(22)12-6-8-14(9-7-12)19(23)24/h3-10,16H,2,11H2,1H3/t16-/m1/s1. The fourth-order valence-electron chi connectivity index (χ4n) is 2.35. The van der Waals surface area contributed by atoms with Crippen LogP contribution in [0.1, 0.15) is 35.4 Å². The Morgan fingerprint density at radius 2 is 1.64 bits per heavy atom. The van der Waals surface area contributed by atoms with Gasteiger partial charge in [-0.3, -0.25) is 25.0 Å². The maximum Gasteiger partial charge on any atom is 0.338 e. The van der Waals surface area contributed by atoms with Crippen LogP contribution in [-0.4, -0.2) is 28.4 Å². The van der Waals surface area contributed by atoms with Crippen LogP contribution >= 0.6 is 0 Å². The molecule has 0 bridgehead atoms. The van der Waals surface area contributed by atoms with Crippen molar-refractivity contribution in [1.82, 2.24) is 0 Å². The molecule has 0 radical (unpaired) electrons. The van der Waals surface area contributed by atoms with Crippen LogP contribution in [0.4, 0.5) is 11.4 Å². The van der Waals surface area contributed by atoms with Gasteiger partial charge < -0.3 is 9.47 Å². The number of ether oxygens (including phenoxy) is 2. The summed E-state index contributed by atoms with van der Waals surface area (Å²) in [5.74, 6) is -1.48. The normalized spacial score (nSPS) is 11.3. The van der Waals surface area contributed by atoms with E-state index in [1.807, 2.05) is 0 Å². The third kappa shape index (κ3) is 5.34. The van der Waals surface area contributed by atoms with Gasteiger partial charge in [-0.2, -0.15) is 0 Å². The number of rotatable bonds is 8. The van der Waals surface area contributed by atoms with Gasteiger partial charge in [0.15, 0.2) is 0 Å². The largest absolute Gasteiger partial charge is 0.466 e. The first-order valence-corrected chi connectivity index (χ1v) is 8.17. The van der Waals surface area contributed by atoms with Crippen molar-refractivity contribution in [1.29, 1.82) is 0 Å². The number of benzene rings is 2. The molecule has 0 N–H and O–H groups in total. The van der Waals surface area contributed by atoms with E-state index in [4.69, 9.17) is 9.47 Å². The molecule has 2 aromatic rings. The lowest BCUT2D eigenvalue weighted by atomic mass is 10.1. The van der Waals surface area contributed by atoms with E-state index < -0.39 is 27.9 Å². The van der Waals surface area contributed by atoms with Crippen LogP contribution in [0.25, 0.3) is 0 Å². The van der Waals surface area contributed by atoms with Gasteiger partial charge in [-0.25, -0.2) is 4.79 Å². The van der Waals surface area contributed by atoms with Crippen molar-refractivity contribution in [3.63, 3.8) is 0 Å². The molecule has 0 spiro atoms. The van der Waals surface area contributed by atoms with Crippen LogP contribution in [0, 0.1) is 20.2 Å². The number of nitro groups is 2. The molecule has 0 aliphatic rings. The minimum Gasteiger partial charge on any atom is -0.466 e. The zero-order valence-electron chi connectivity index (χ0n) is 14.8. The van der Waals surface area contributed by atoms with Gasteiger partial charge in [-0.15, -0.1) is 0 Å². The van der Waals surface area contributed by atoms with Crippen LogP contribution in [0.5, 0.6) is 0 Å². The lowest BCUT2D eigenvalue weighted by molar-refractivity contribution is -0.385. The van der Waals surface area contributed by atoms with Crippen molar-refractivity contribution >= 4 is 23.3 Å². The van der Waals surface area contributed by atoms with Crippen LogP contribution < -0.4 is 0 Å². The third-order valence-electron chi connectivity index (χ3n) is 3.67. The van der Waals surface area contributed by atoms with Gasteiger partial charge >= 0.3 is 11.9 Å². The molecule has 146 valence electrons. The first-order chi connectivity index (χ1) is 13.3. The highest BCUT2D eigenvalue weighted by Gasteiger charge is 2.24. The minimum atomic E-state index is -1.12. The Balaban J connectivity index is 2.27. The summed E-state index contributed by atoms with van der Waals surface area (Å²) < 4.78 is 10.2. The topological polar surface area (TPSA) is 139 Å². The van der Waals surface area contributed by atoms with Gasteiger partial charge in [0, 0.05) is 24.3 Å². The number of hydrogen-bond acceptors (Lipinski definition) is 8. The zero-order chi connectivity index (χ0) is 20.7. The molecule has 10 heteroatoms. The van der Waals surface area contributed by atoms with Crippen molar-refractivity contribution in [3.05, 3.63) is 79.9 Å². The SMILES string of the molecule is CCOC(=O)C[C@@H](OC(=O)c1ccc([N+](=O)[O-])cc1)c1cccc([N+](=O)[O-])c1. The van der Waals surface area contributed by atoms with Crippen LogP contribution in [0.2, 0.25) is 0 Å². The molecule has 2 aromatic carbocycles. The van der Waals surface area contributed by atoms with Crippen molar-refractivity contribution in [2.75, 3.05) is 6.61 Å². The summed E-state index contributed by atoms with van der Waals surface area (Å²) in [6.07, 6.45) is -1.46. The maximum absolute atomic E-state index is 12.4. The Bertz CT molecular complexity index is 895. The summed E-state index contributed by atoms with van der Waals surface area (Å²) >= 11 is 0. The molecule has 10 nitrogen and oxygen atoms in total. The highest BCUT2D eigenvalue weighted by Crippen LogP contribution is 2.27. The third-order valence-corrected chi connectivity index (χ3v) is 3.67. The lowest BCUT2D eigenvalue weighted by Crippen LogP contribution is -2.17. The second-order valence-electron chi connectivity index (χ2n) is 5.56. The molecule has 0 saturated heterocycles. The second kappa shape index (κ2) is 9.21. The molecule has 2 rings (SSSR count). The molecule has 0 heterocycles. The van der Waals surface area contributed by atoms with Crippen LogP contribution in [0.15, 0.2) is 48.5 Å². The Labute approximate surface area is 159 Å². The van der Waals surface area contributed by atoms with Crippen LogP contribution in [0.3, 0.4) is 0 Å². The van der Waals surface area contributed by atoms with Gasteiger partial charge in [0.25, 0.3) is 11.4 Å². The monoisotopic (exact) mass is 388 g/mol. The highest BCUT2D eigenvalue weighted by atomic mass is 16.6. The molecule has 0 aliphatic heterocycles. The van der Waals surface area contributed by atoms with E-state index in [1.54, 1.807) is 6.92 Å². The quantitative estimate of drug-likeness (QED) is 0.381. The average molecular weight is 388 g/mol. The maximum atomic E-state index is 12.4. The number of carbonyl (C=O) groups is 2. The summed E-state index contributed by atoms with van der Waals surface area (Å²) in [6, 6.07) is 10.1. The number of esters is 2. The summed E-state index contributed by atoms with van der Waals surface area (Å²) in [4.78, 5) is 44.7. The Kier molecular flexibility index (Phi) is 6.74. The predicted octanol–water partition coefficient (Wildman–Crippen LogP) is 3.35. The van der Waals surface area contributed by atoms with Crippen molar-refractivity contribution in [2.24, 2.45) is 0 Å². The van der Waals surface area contributed by atoms with E-state index in [1.165, 1.54) is 36.4 Å². The molecular weight excluding hydrogens is 372 g/mol. The Morgan fingerprint density at radius 1 is 1.00 bits per heavy atom. The minimum absolute atomic E-state index is 0.0323. The van der Waals surface area contributed by atoms with Gasteiger partial charge in [-0.1, -0.05) is 12.1 Å². The molecule has 28 heavy (non-hydrogen) atoms. The average Bonchev–Trinajstić information content (AvgIpc) is 2.67. The van der Waals surface area contributed by atoms with E-state index in [-0.39, 0.29) is 35.5 Å². The first kappa shape index (κ1) is 20.5. The summed E-state index contributed by atoms with van der Waals surface area (Å²) in [5, 5.41) is 21.7.